The monoisotopic (exact) mass is 430 g/mol. The summed E-state index contributed by atoms with van der Waals surface area (Å²) in [5.74, 6) is 1.41. The third kappa shape index (κ3) is 4.29. The predicted molar refractivity (Wildman–Crippen MR) is 118 cm³/mol. The van der Waals surface area contributed by atoms with Gasteiger partial charge in [0.2, 0.25) is 5.91 Å². The highest BCUT2D eigenvalue weighted by molar-refractivity contribution is 7.20. The molecule has 1 saturated heterocycles. The Kier molecular flexibility index (Phi) is 6.51. The second-order valence-electron chi connectivity index (χ2n) is 8.23. The molecule has 2 aromatic heterocycles. The molecular formula is C22H30N4O3S. The fourth-order valence-corrected chi connectivity index (χ4v) is 5.66. The Morgan fingerprint density at radius 1 is 1.13 bits per heavy atom. The summed E-state index contributed by atoms with van der Waals surface area (Å²) < 4.78 is 5.19. The lowest BCUT2D eigenvalue weighted by atomic mass is 9.86. The van der Waals surface area contributed by atoms with Crippen molar-refractivity contribution >= 4 is 39.2 Å². The van der Waals surface area contributed by atoms with Crippen LogP contribution >= 0.6 is 11.3 Å². The number of piperazine rings is 1. The highest BCUT2D eigenvalue weighted by atomic mass is 32.1. The Bertz CT molecular complexity index is 914. The van der Waals surface area contributed by atoms with Crippen molar-refractivity contribution in [1.82, 2.24) is 14.9 Å². The van der Waals surface area contributed by atoms with Crippen LogP contribution in [0, 0.1) is 12.8 Å². The number of hydrogen-bond donors (Lipinski definition) is 0. The molecule has 1 aliphatic carbocycles. The van der Waals surface area contributed by atoms with Crippen LogP contribution < -0.4 is 4.90 Å². The van der Waals surface area contributed by atoms with Crippen LogP contribution in [-0.2, 0) is 9.53 Å². The van der Waals surface area contributed by atoms with Gasteiger partial charge in [-0.05, 0) is 38.2 Å². The third-order valence-electron chi connectivity index (χ3n) is 6.29. The summed E-state index contributed by atoms with van der Waals surface area (Å²) in [7, 11) is 0. The van der Waals surface area contributed by atoms with Crippen molar-refractivity contribution in [3.05, 3.63) is 16.8 Å². The van der Waals surface area contributed by atoms with Gasteiger partial charge in [-0.1, -0.05) is 19.3 Å². The molecule has 1 amide bonds. The number of aromatic nitrogens is 2. The van der Waals surface area contributed by atoms with Crippen molar-refractivity contribution in [2.24, 2.45) is 5.92 Å². The number of amides is 1. The minimum absolute atomic E-state index is 0.297. The van der Waals surface area contributed by atoms with Gasteiger partial charge in [-0.3, -0.25) is 4.79 Å². The Morgan fingerprint density at radius 2 is 1.87 bits per heavy atom. The third-order valence-corrected chi connectivity index (χ3v) is 7.47. The number of fused-ring (bicyclic) bond motifs is 1. The van der Waals surface area contributed by atoms with Gasteiger partial charge in [0.1, 0.15) is 21.9 Å². The van der Waals surface area contributed by atoms with E-state index >= 15 is 0 Å². The highest BCUT2D eigenvalue weighted by Crippen LogP contribution is 2.35. The van der Waals surface area contributed by atoms with E-state index in [0.29, 0.717) is 42.8 Å². The lowest BCUT2D eigenvalue weighted by molar-refractivity contribution is -0.132. The standard InChI is InChI=1S/C22H30N4O3S/c1-3-29-22(28)19-15(2)18-20(23-14-24-21(18)30-19)26-11-9-25(10-12-26)17(27)13-16-7-5-4-6-8-16/h14,16H,3-13H2,1-2H3. The van der Waals surface area contributed by atoms with Crippen LogP contribution in [-0.4, -0.2) is 59.5 Å². The molecule has 8 heteroatoms. The van der Waals surface area contributed by atoms with Gasteiger partial charge in [-0.2, -0.15) is 0 Å². The predicted octanol–water partition coefficient (Wildman–Crippen LogP) is 3.80. The average molecular weight is 431 g/mol. The van der Waals surface area contributed by atoms with E-state index in [9.17, 15) is 9.59 Å². The van der Waals surface area contributed by atoms with E-state index in [1.165, 1.54) is 43.4 Å². The second-order valence-corrected chi connectivity index (χ2v) is 9.23. The molecule has 3 heterocycles. The molecule has 30 heavy (non-hydrogen) atoms. The Morgan fingerprint density at radius 3 is 2.57 bits per heavy atom. The van der Waals surface area contributed by atoms with Gasteiger partial charge in [0, 0.05) is 32.6 Å². The minimum atomic E-state index is -0.304. The second kappa shape index (κ2) is 9.29. The van der Waals surface area contributed by atoms with E-state index in [1.54, 1.807) is 13.3 Å². The number of ether oxygens (including phenoxy) is 1. The van der Waals surface area contributed by atoms with Crippen molar-refractivity contribution in [2.45, 2.75) is 52.4 Å². The van der Waals surface area contributed by atoms with Gasteiger partial charge in [-0.15, -0.1) is 11.3 Å². The van der Waals surface area contributed by atoms with Crippen molar-refractivity contribution in [3.63, 3.8) is 0 Å². The number of anilines is 1. The van der Waals surface area contributed by atoms with Crippen LogP contribution in [0.4, 0.5) is 5.82 Å². The molecule has 0 spiro atoms. The molecule has 7 nitrogen and oxygen atoms in total. The molecule has 0 unspecified atom stereocenters. The SMILES string of the molecule is CCOC(=O)c1sc2ncnc(N3CCN(C(=O)CC4CCCCC4)CC3)c2c1C. The first-order chi connectivity index (χ1) is 14.6. The molecular weight excluding hydrogens is 400 g/mol. The van der Waals surface area contributed by atoms with Crippen LogP contribution in [0.5, 0.6) is 0 Å². The first-order valence-electron chi connectivity index (χ1n) is 11.0. The van der Waals surface area contributed by atoms with E-state index in [0.717, 1.165) is 34.7 Å². The molecule has 4 rings (SSSR count). The number of hydrogen-bond acceptors (Lipinski definition) is 7. The van der Waals surface area contributed by atoms with Gasteiger partial charge in [-0.25, -0.2) is 14.8 Å². The molecule has 1 aliphatic heterocycles. The molecule has 0 aromatic carbocycles. The zero-order valence-corrected chi connectivity index (χ0v) is 18.7. The number of carbonyl (C=O) groups excluding carboxylic acids is 2. The zero-order valence-electron chi connectivity index (χ0n) is 17.9. The highest BCUT2D eigenvalue weighted by Gasteiger charge is 2.27. The van der Waals surface area contributed by atoms with Crippen molar-refractivity contribution < 1.29 is 14.3 Å². The largest absolute Gasteiger partial charge is 0.462 e. The molecule has 0 atom stereocenters. The van der Waals surface area contributed by atoms with Crippen LogP contribution in [0.3, 0.4) is 0 Å². The molecule has 162 valence electrons. The lowest BCUT2D eigenvalue weighted by Gasteiger charge is -2.36. The van der Waals surface area contributed by atoms with E-state index in [-0.39, 0.29) is 5.97 Å². The fraction of sp³-hybridized carbons (Fsp3) is 0.636. The lowest BCUT2D eigenvalue weighted by Crippen LogP contribution is -2.49. The van der Waals surface area contributed by atoms with Crippen LogP contribution in [0.25, 0.3) is 10.2 Å². The summed E-state index contributed by atoms with van der Waals surface area (Å²) in [4.78, 5) is 39.6. The van der Waals surface area contributed by atoms with Gasteiger partial charge in [0.25, 0.3) is 0 Å². The van der Waals surface area contributed by atoms with Crippen molar-refractivity contribution in [1.29, 1.82) is 0 Å². The fourth-order valence-electron chi connectivity index (χ4n) is 4.62. The first kappa shape index (κ1) is 21.0. The molecule has 2 aliphatic rings. The molecule has 1 saturated carbocycles. The Balaban J connectivity index is 1.45. The number of rotatable bonds is 5. The smallest absolute Gasteiger partial charge is 0.348 e. The number of esters is 1. The number of carbonyl (C=O) groups is 2. The van der Waals surface area contributed by atoms with Crippen molar-refractivity contribution in [2.75, 3.05) is 37.7 Å². The first-order valence-corrected chi connectivity index (χ1v) is 11.8. The van der Waals surface area contributed by atoms with E-state index in [2.05, 4.69) is 14.9 Å². The maximum atomic E-state index is 12.7. The van der Waals surface area contributed by atoms with Gasteiger partial charge in [0.15, 0.2) is 0 Å². The topological polar surface area (TPSA) is 75.6 Å². The van der Waals surface area contributed by atoms with Crippen LogP contribution in [0.2, 0.25) is 0 Å². The summed E-state index contributed by atoms with van der Waals surface area (Å²) in [6.45, 7) is 7.00. The van der Waals surface area contributed by atoms with Gasteiger partial charge >= 0.3 is 5.97 Å². The number of aryl methyl sites for hydroxylation is 1. The van der Waals surface area contributed by atoms with Crippen LogP contribution in [0.1, 0.15) is 60.7 Å². The maximum absolute atomic E-state index is 12.7. The van der Waals surface area contributed by atoms with Gasteiger partial charge < -0.3 is 14.5 Å². The molecule has 2 fully saturated rings. The quantitative estimate of drug-likeness (QED) is 0.672. The summed E-state index contributed by atoms with van der Waals surface area (Å²) in [6.07, 6.45) is 8.51. The minimum Gasteiger partial charge on any atom is -0.462 e. The summed E-state index contributed by atoms with van der Waals surface area (Å²) in [5.41, 5.74) is 0.875. The molecule has 0 radical (unpaired) electrons. The van der Waals surface area contributed by atoms with E-state index < -0.39 is 0 Å². The Hall–Kier alpha value is -2.22. The molecule has 0 N–H and O–H groups in total. The van der Waals surface area contributed by atoms with Gasteiger partial charge in [0.05, 0.1) is 12.0 Å². The molecule has 2 aromatic rings. The maximum Gasteiger partial charge on any atom is 0.348 e. The van der Waals surface area contributed by atoms with E-state index in [1.807, 2.05) is 11.8 Å². The summed E-state index contributed by atoms with van der Waals surface area (Å²) in [6, 6.07) is 0. The number of thiophene rings is 1. The Labute approximate surface area is 181 Å². The summed E-state index contributed by atoms with van der Waals surface area (Å²) in [5, 5.41) is 0.924. The van der Waals surface area contributed by atoms with E-state index in [4.69, 9.17) is 4.74 Å². The van der Waals surface area contributed by atoms with Crippen molar-refractivity contribution in [3.8, 4) is 0 Å². The normalized spacial score (nSPS) is 18.1. The summed E-state index contributed by atoms with van der Waals surface area (Å²) >= 11 is 1.36. The number of nitrogens with zero attached hydrogens (tertiary/aromatic N) is 4. The average Bonchev–Trinajstić information content (AvgIpc) is 3.12. The zero-order chi connectivity index (χ0) is 21.1. The molecule has 0 bridgehead atoms. The van der Waals surface area contributed by atoms with Crippen LogP contribution in [0.15, 0.2) is 6.33 Å².